The number of carbonyl (C=O) groups excluding carboxylic acids is 1. The summed E-state index contributed by atoms with van der Waals surface area (Å²) in [5.74, 6) is -0.495. The van der Waals surface area contributed by atoms with Crippen molar-refractivity contribution >= 4 is 17.9 Å². The van der Waals surface area contributed by atoms with Crippen LogP contribution in [0, 0.1) is 5.92 Å². The molecule has 3 N–H and O–H groups in total. The smallest absolute Gasteiger partial charge is 0.149 e. The fourth-order valence-corrected chi connectivity index (χ4v) is 2.47. The van der Waals surface area contributed by atoms with Crippen molar-refractivity contribution in [3.63, 3.8) is 0 Å². The number of alkyl halides is 1. The molecule has 0 aromatic rings. The Balaban J connectivity index is 5.38. The van der Waals surface area contributed by atoms with E-state index >= 15 is 0 Å². The fraction of sp³-hybridized carbons (Fsp3) is 0.632. The molecule has 0 bridgehead atoms. The van der Waals surface area contributed by atoms with Gasteiger partial charge in [0, 0.05) is 5.57 Å². The summed E-state index contributed by atoms with van der Waals surface area (Å²) in [6.45, 7) is 9.29. The molecule has 3 unspecified atom stereocenters. The van der Waals surface area contributed by atoms with Gasteiger partial charge >= 0.3 is 0 Å². The molecule has 0 aliphatic rings. The molecule has 0 saturated carbocycles. The van der Waals surface area contributed by atoms with Crippen molar-refractivity contribution in [2.45, 2.75) is 71.8 Å². The zero-order valence-corrected chi connectivity index (χ0v) is 16.1. The third-order valence-corrected chi connectivity index (χ3v) is 4.42. The highest BCUT2D eigenvalue weighted by Gasteiger charge is 2.26. The summed E-state index contributed by atoms with van der Waals surface area (Å²) < 4.78 is 0. The van der Waals surface area contributed by atoms with Gasteiger partial charge in [-0.1, -0.05) is 25.5 Å². The van der Waals surface area contributed by atoms with E-state index in [1.807, 2.05) is 20.8 Å². The normalized spacial score (nSPS) is 17.3. The number of carbonyl (C=O) groups is 1. The summed E-state index contributed by atoms with van der Waals surface area (Å²) in [7, 11) is 0. The van der Waals surface area contributed by atoms with E-state index in [4.69, 9.17) is 11.6 Å². The van der Waals surface area contributed by atoms with Gasteiger partial charge in [0.2, 0.25) is 0 Å². The fourth-order valence-electron chi connectivity index (χ4n) is 2.35. The Kier molecular flexibility index (Phi) is 10.7. The molecule has 4 nitrogen and oxygen atoms in total. The number of halogens is 1. The van der Waals surface area contributed by atoms with E-state index in [0.717, 1.165) is 12.8 Å². The first-order valence-corrected chi connectivity index (χ1v) is 8.83. The monoisotopic (exact) mass is 358 g/mol. The lowest BCUT2D eigenvalue weighted by atomic mass is 9.91. The predicted octanol–water partition coefficient (Wildman–Crippen LogP) is 4.98. The minimum absolute atomic E-state index is 0.0458. The molecular formula is C19H31ClO4. The van der Waals surface area contributed by atoms with E-state index in [-0.39, 0.29) is 22.8 Å². The zero-order chi connectivity index (χ0) is 18.9. The molecular weight excluding hydrogens is 328 g/mol. The molecule has 24 heavy (non-hydrogen) atoms. The number of allylic oxidation sites excluding steroid dienone is 4. The van der Waals surface area contributed by atoms with Gasteiger partial charge in [-0.25, -0.2) is 0 Å². The highest BCUT2D eigenvalue weighted by Crippen LogP contribution is 2.28. The number of aliphatic hydroxyl groups is 3. The van der Waals surface area contributed by atoms with Gasteiger partial charge < -0.3 is 15.3 Å². The second-order valence-electron chi connectivity index (χ2n) is 6.54. The molecule has 0 aromatic carbocycles. The molecule has 0 radical (unpaired) electrons. The van der Waals surface area contributed by atoms with Crippen LogP contribution in [0.4, 0.5) is 0 Å². The lowest BCUT2D eigenvalue weighted by Crippen LogP contribution is -2.21. The van der Waals surface area contributed by atoms with Crippen LogP contribution in [0.5, 0.6) is 0 Å². The average molecular weight is 359 g/mol. The highest BCUT2D eigenvalue weighted by atomic mass is 35.5. The summed E-state index contributed by atoms with van der Waals surface area (Å²) in [5, 5.41) is 30.3. The van der Waals surface area contributed by atoms with E-state index in [2.05, 4.69) is 6.08 Å². The molecule has 0 aliphatic carbocycles. The van der Waals surface area contributed by atoms with E-state index in [1.54, 1.807) is 6.92 Å². The van der Waals surface area contributed by atoms with E-state index < -0.39 is 17.2 Å². The Morgan fingerprint density at radius 1 is 1.21 bits per heavy atom. The van der Waals surface area contributed by atoms with Crippen LogP contribution in [0.1, 0.15) is 60.3 Å². The quantitative estimate of drug-likeness (QED) is 0.128. The number of aliphatic hydroxyl groups excluding tert-OH is 3. The van der Waals surface area contributed by atoms with Gasteiger partial charge in [0.25, 0.3) is 0 Å². The molecule has 0 aliphatic heterocycles. The summed E-state index contributed by atoms with van der Waals surface area (Å²) in [4.78, 5) is 10.9. The second kappa shape index (κ2) is 11.3. The molecule has 0 spiro atoms. The molecule has 5 heteroatoms. The minimum Gasteiger partial charge on any atom is -0.510 e. The van der Waals surface area contributed by atoms with Crippen LogP contribution in [0.15, 0.2) is 34.3 Å². The third-order valence-electron chi connectivity index (χ3n) is 3.91. The van der Waals surface area contributed by atoms with E-state index in [1.165, 1.54) is 12.5 Å². The molecule has 0 rings (SSSR count). The summed E-state index contributed by atoms with van der Waals surface area (Å²) >= 11 is 6.05. The molecule has 3 atom stereocenters. The van der Waals surface area contributed by atoms with Crippen LogP contribution in [-0.4, -0.2) is 33.1 Å². The largest absolute Gasteiger partial charge is 0.510 e. The first-order valence-electron chi connectivity index (χ1n) is 8.39. The highest BCUT2D eigenvalue weighted by molar-refractivity contribution is 6.22. The van der Waals surface area contributed by atoms with Crippen molar-refractivity contribution in [2.75, 3.05) is 0 Å². The van der Waals surface area contributed by atoms with Crippen LogP contribution >= 0.6 is 11.6 Å². The van der Waals surface area contributed by atoms with Crippen molar-refractivity contribution in [1.29, 1.82) is 0 Å². The maximum atomic E-state index is 10.9. The first kappa shape index (κ1) is 22.7. The topological polar surface area (TPSA) is 77.8 Å². The second-order valence-corrected chi connectivity index (χ2v) is 7.07. The van der Waals surface area contributed by atoms with Crippen molar-refractivity contribution < 1.29 is 20.1 Å². The average Bonchev–Trinajstić information content (AvgIpc) is 2.52. The Morgan fingerprint density at radius 3 is 2.25 bits per heavy atom. The standard InChI is InChI=1S/C19H31ClO4/c1-6-15(20)19(24)17(18(23)14(5)11-21)16(22)10-13(4)9-7-8-12(2)3/h8,11,13,15-16,22-24H,6-7,9-10H2,1-5H3/b18-14-,19-17+. The molecule has 0 aromatic heterocycles. The molecule has 0 fully saturated rings. The lowest BCUT2D eigenvalue weighted by molar-refractivity contribution is -0.105. The van der Waals surface area contributed by atoms with Crippen molar-refractivity contribution in [3.8, 4) is 0 Å². The third kappa shape index (κ3) is 7.54. The van der Waals surface area contributed by atoms with Crippen molar-refractivity contribution in [1.82, 2.24) is 0 Å². The van der Waals surface area contributed by atoms with Gasteiger partial charge in [-0.2, -0.15) is 0 Å². The van der Waals surface area contributed by atoms with Gasteiger partial charge in [-0.05, 0) is 52.4 Å². The van der Waals surface area contributed by atoms with E-state index in [9.17, 15) is 20.1 Å². The van der Waals surface area contributed by atoms with Crippen LogP contribution in [0.3, 0.4) is 0 Å². The summed E-state index contributed by atoms with van der Waals surface area (Å²) in [6, 6.07) is 0. The Bertz CT molecular complexity index is 501. The van der Waals surface area contributed by atoms with Gasteiger partial charge in [0.1, 0.15) is 17.8 Å². The number of rotatable bonds is 10. The number of hydrogen-bond acceptors (Lipinski definition) is 4. The number of aldehydes is 1. The Morgan fingerprint density at radius 2 is 1.79 bits per heavy atom. The van der Waals surface area contributed by atoms with Crippen LogP contribution in [0.25, 0.3) is 0 Å². The van der Waals surface area contributed by atoms with Gasteiger partial charge in [0.05, 0.1) is 17.1 Å². The summed E-state index contributed by atoms with van der Waals surface area (Å²) in [5.41, 5.74) is 1.25. The first-order chi connectivity index (χ1) is 11.1. The maximum Gasteiger partial charge on any atom is 0.149 e. The molecule has 0 amide bonds. The van der Waals surface area contributed by atoms with E-state index in [0.29, 0.717) is 19.1 Å². The molecule has 0 saturated heterocycles. The Hall–Kier alpha value is -1.26. The van der Waals surface area contributed by atoms with Gasteiger partial charge in [-0.15, -0.1) is 11.6 Å². The van der Waals surface area contributed by atoms with Crippen molar-refractivity contribution in [2.24, 2.45) is 5.92 Å². The molecule has 138 valence electrons. The SMILES string of the molecule is CCC(Cl)/C(O)=C(\C(O)=C(/C)C=O)C(O)CC(C)CCC=C(C)C. The Labute approximate surface area is 150 Å². The lowest BCUT2D eigenvalue weighted by Gasteiger charge is -2.22. The van der Waals surface area contributed by atoms with Gasteiger partial charge in [0.15, 0.2) is 0 Å². The van der Waals surface area contributed by atoms with Crippen LogP contribution in [0.2, 0.25) is 0 Å². The molecule has 0 heterocycles. The summed E-state index contributed by atoms with van der Waals surface area (Å²) in [6.07, 6.45) is 4.12. The predicted molar refractivity (Wildman–Crippen MR) is 99.4 cm³/mol. The number of hydrogen-bond donors (Lipinski definition) is 3. The zero-order valence-electron chi connectivity index (χ0n) is 15.3. The van der Waals surface area contributed by atoms with Crippen LogP contribution in [-0.2, 0) is 4.79 Å². The van der Waals surface area contributed by atoms with Crippen molar-refractivity contribution in [3.05, 3.63) is 34.3 Å². The minimum atomic E-state index is -1.09. The maximum absolute atomic E-state index is 10.9. The van der Waals surface area contributed by atoms with Crippen LogP contribution < -0.4 is 0 Å². The van der Waals surface area contributed by atoms with Gasteiger partial charge in [-0.3, -0.25) is 4.79 Å².